The summed E-state index contributed by atoms with van der Waals surface area (Å²) >= 11 is 0. The lowest BCUT2D eigenvalue weighted by atomic mass is 9.99. The van der Waals surface area contributed by atoms with Gasteiger partial charge in [-0.15, -0.1) is 0 Å². The van der Waals surface area contributed by atoms with Gasteiger partial charge < -0.3 is 20.1 Å². The van der Waals surface area contributed by atoms with Gasteiger partial charge in [-0.2, -0.15) is 5.26 Å². The average Bonchev–Trinajstić information content (AvgIpc) is 2.89. The molecule has 1 heterocycles. The number of hydrogen-bond acceptors (Lipinski definition) is 7. The van der Waals surface area contributed by atoms with Gasteiger partial charge in [0.1, 0.15) is 22.9 Å². The molecule has 0 spiro atoms. The molecule has 4 aromatic rings. The molecule has 0 saturated heterocycles. The van der Waals surface area contributed by atoms with Crippen LogP contribution in [0.1, 0.15) is 16.1 Å². The molecule has 1 aromatic heterocycles. The van der Waals surface area contributed by atoms with Crippen molar-refractivity contribution in [1.29, 1.82) is 5.26 Å². The predicted octanol–water partition coefficient (Wildman–Crippen LogP) is 3.71. The Kier molecular flexibility index (Phi) is 7.09. The molecule has 0 aliphatic carbocycles. The third-order valence-corrected chi connectivity index (χ3v) is 5.58. The molecule has 0 unspecified atom stereocenters. The van der Waals surface area contributed by atoms with Crippen molar-refractivity contribution in [2.24, 2.45) is 0 Å². The van der Waals surface area contributed by atoms with Crippen molar-refractivity contribution < 1.29 is 29.6 Å². The van der Waals surface area contributed by atoms with Gasteiger partial charge in [-0.1, -0.05) is 48.5 Å². The summed E-state index contributed by atoms with van der Waals surface area (Å²) in [5.74, 6) is -1.80. The Labute approximate surface area is 206 Å². The van der Waals surface area contributed by atoms with Crippen molar-refractivity contribution in [3.8, 4) is 23.4 Å². The highest BCUT2D eigenvalue weighted by Crippen LogP contribution is 2.32. The van der Waals surface area contributed by atoms with E-state index >= 15 is 0 Å². The number of rotatable bonds is 8. The number of ether oxygens (including phenoxy) is 1. The van der Waals surface area contributed by atoms with E-state index in [0.717, 1.165) is 6.20 Å². The van der Waals surface area contributed by atoms with Gasteiger partial charge in [0, 0.05) is 10.8 Å². The van der Waals surface area contributed by atoms with E-state index in [4.69, 9.17) is 4.74 Å². The van der Waals surface area contributed by atoms with Gasteiger partial charge in [-0.25, -0.2) is 14.7 Å². The van der Waals surface area contributed by atoms with E-state index < -0.39 is 24.0 Å². The maximum absolute atomic E-state index is 13.5. The number of pyridine rings is 1. The third-order valence-electron chi connectivity index (χ3n) is 5.58. The molecule has 36 heavy (non-hydrogen) atoms. The number of aliphatic hydroxyl groups is 1. The largest absolute Gasteiger partial charge is 0.506 e. The SMILES string of the molecule is N#CN(C(=O)c1ncc(O)c2ccc(Oc3ccccc3)cc12)[C@H](Cc1ccccc1)[C@@H](O)C(=O)O. The predicted molar refractivity (Wildman–Crippen MR) is 129 cm³/mol. The number of aromatic hydroxyl groups is 1. The Morgan fingerprint density at radius 2 is 1.64 bits per heavy atom. The molecule has 2 atom stereocenters. The first-order valence-electron chi connectivity index (χ1n) is 10.9. The van der Waals surface area contributed by atoms with Crippen LogP contribution in [-0.4, -0.2) is 49.2 Å². The van der Waals surface area contributed by atoms with Gasteiger partial charge in [0.05, 0.1) is 12.2 Å². The van der Waals surface area contributed by atoms with Crippen LogP contribution in [0.5, 0.6) is 17.2 Å². The summed E-state index contributed by atoms with van der Waals surface area (Å²) in [4.78, 5) is 29.8. The highest BCUT2D eigenvalue weighted by Gasteiger charge is 2.36. The molecular weight excluding hydrogens is 462 g/mol. The van der Waals surface area contributed by atoms with E-state index in [-0.39, 0.29) is 28.6 Å². The van der Waals surface area contributed by atoms with Gasteiger partial charge in [0.2, 0.25) is 0 Å². The van der Waals surface area contributed by atoms with Crippen molar-refractivity contribution in [2.45, 2.75) is 18.6 Å². The van der Waals surface area contributed by atoms with Gasteiger partial charge in [-0.3, -0.25) is 4.79 Å². The highest BCUT2D eigenvalue weighted by atomic mass is 16.5. The van der Waals surface area contributed by atoms with Crippen molar-refractivity contribution in [3.63, 3.8) is 0 Å². The lowest BCUT2D eigenvalue weighted by Gasteiger charge is -2.27. The number of carbonyl (C=O) groups is 2. The molecule has 0 saturated carbocycles. The first kappa shape index (κ1) is 24.2. The molecule has 0 aliphatic rings. The summed E-state index contributed by atoms with van der Waals surface area (Å²) < 4.78 is 5.83. The van der Waals surface area contributed by atoms with Crippen LogP contribution in [0.2, 0.25) is 0 Å². The van der Waals surface area contributed by atoms with Gasteiger partial charge in [0.25, 0.3) is 5.91 Å². The van der Waals surface area contributed by atoms with Crippen molar-refractivity contribution in [1.82, 2.24) is 9.88 Å². The number of para-hydroxylation sites is 1. The zero-order chi connectivity index (χ0) is 25.7. The summed E-state index contributed by atoms with van der Waals surface area (Å²) in [7, 11) is 0. The van der Waals surface area contributed by atoms with Crippen molar-refractivity contribution in [3.05, 3.63) is 96.3 Å². The smallest absolute Gasteiger partial charge is 0.334 e. The van der Waals surface area contributed by atoms with Crippen LogP contribution in [0.4, 0.5) is 0 Å². The van der Waals surface area contributed by atoms with Gasteiger partial charge in [-0.05, 0) is 42.3 Å². The van der Waals surface area contributed by atoms with E-state index in [9.17, 15) is 30.2 Å². The average molecular weight is 483 g/mol. The topological polar surface area (TPSA) is 144 Å². The monoisotopic (exact) mass is 483 g/mol. The van der Waals surface area contributed by atoms with Crippen LogP contribution in [0.15, 0.2) is 85.1 Å². The van der Waals surface area contributed by atoms with Crippen molar-refractivity contribution >= 4 is 22.6 Å². The maximum atomic E-state index is 13.5. The minimum Gasteiger partial charge on any atom is -0.506 e. The number of carboxylic acid groups (broad SMARTS) is 1. The molecule has 0 radical (unpaired) electrons. The summed E-state index contributed by atoms with van der Waals surface area (Å²) in [5, 5.41) is 40.5. The molecule has 3 aromatic carbocycles. The fraction of sp³-hybridized carbons (Fsp3) is 0.111. The number of nitriles is 1. The maximum Gasteiger partial charge on any atom is 0.334 e. The third kappa shape index (κ3) is 5.09. The molecule has 0 bridgehead atoms. The van der Waals surface area contributed by atoms with E-state index in [1.54, 1.807) is 72.9 Å². The fourth-order valence-corrected chi connectivity index (χ4v) is 3.81. The number of aliphatic carboxylic acids is 1. The Morgan fingerprint density at radius 1 is 0.972 bits per heavy atom. The number of aliphatic hydroxyl groups excluding tert-OH is 1. The van der Waals surface area contributed by atoms with E-state index in [1.165, 1.54) is 6.07 Å². The normalized spacial score (nSPS) is 12.3. The second kappa shape index (κ2) is 10.5. The van der Waals surface area contributed by atoms with Crippen LogP contribution in [0.3, 0.4) is 0 Å². The van der Waals surface area contributed by atoms with E-state index in [0.29, 0.717) is 22.0 Å². The van der Waals surface area contributed by atoms with Gasteiger partial charge >= 0.3 is 5.97 Å². The number of nitrogens with zero attached hydrogens (tertiary/aromatic N) is 3. The molecule has 0 fully saturated rings. The summed E-state index contributed by atoms with van der Waals surface area (Å²) in [6, 6.07) is 20.8. The number of hydrogen-bond donors (Lipinski definition) is 3. The van der Waals surface area contributed by atoms with Crippen LogP contribution >= 0.6 is 0 Å². The molecule has 0 aliphatic heterocycles. The minimum atomic E-state index is -2.03. The standard InChI is InChI=1S/C27H21N3O6/c28-16-30(22(25(32)27(34)35)13-17-7-3-1-4-8-17)26(33)24-21-14-19(36-18-9-5-2-6-10-18)11-12-20(21)23(31)15-29-24/h1-12,14-15,22,25,31-32H,13H2,(H,34,35)/t22-,25-/m1/s1. The number of benzene rings is 3. The Bertz CT molecular complexity index is 1440. The molecular formula is C27H21N3O6. The van der Waals surface area contributed by atoms with E-state index in [1.807, 2.05) is 6.07 Å². The quantitative estimate of drug-likeness (QED) is 0.254. The second-order valence-electron chi connectivity index (χ2n) is 7.93. The molecule has 9 nitrogen and oxygen atoms in total. The van der Waals surface area contributed by atoms with Gasteiger partial charge in [0.15, 0.2) is 12.3 Å². The first-order chi connectivity index (χ1) is 17.4. The minimum absolute atomic E-state index is 0.0913. The lowest BCUT2D eigenvalue weighted by Crippen LogP contribution is -2.49. The first-order valence-corrected chi connectivity index (χ1v) is 10.9. The number of amides is 1. The number of aromatic nitrogens is 1. The van der Waals surface area contributed by atoms with Crippen LogP contribution < -0.4 is 4.74 Å². The molecule has 1 amide bonds. The summed E-state index contributed by atoms with van der Waals surface area (Å²) in [5.41, 5.74) is 0.413. The number of carbonyl (C=O) groups excluding carboxylic acids is 1. The van der Waals surface area contributed by atoms with Crippen molar-refractivity contribution in [2.75, 3.05) is 0 Å². The summed E-state index contributed by atoms with van der Waals surface area (Å²) in [6.07, 6.45) is 0.665. The van der Waals surface area contributed by atoms with Crippen LogP contribution in [0, 0.1) is 11.5 Å². The fourth-order valence-electron chi connectivity index (χ4n) is 3.81. The zero-order valence-electron chi connectivity index (χ0n) is 18.9. The van der Waals surface area contributed by atoms with Crippen LogP contribution in [0.25, 0.3) is 10.8 Å². The van der Waals surface area contributed by atoms with E-state index in [2.05, 4.69) is 4.98 Å². The second-order valence-corrected chi connectivity index (χ2v) is 7.93. The summed E-state index contributed by atoms with van der Waals surface area (Å²) in [6.45, 7) is 0. The zero-order valence-corrected chi connectivity index (χ0v) is 18.9. The number of carboxylic acids is 1. The Hall–Kier alpha value is -4.94. The van der Waals surface area contributed by atoms with Crippen LogP contribution in [-0.2, 0) is 11.2 Å². The molecule has 9 heteroatoms. The Balaban J connectivity index is 1.76. The Morgan fingerprint density at radius 3 is 2.28 bits per heavy atom. The molecule has 4 rings (SSSR count). The molecule has 180 valence electrons. The lowest BCUT2D eigenvalue weighted by molar-refractivity contribution is -0.149. The molecule has 3 N–H and O–H groups in total. The highest BCUT2D eigenvalue weighted by molar-refractivity contribution is 6.07. The number of fused-ring (bicyclic) bond motifs is 1.